The summed E-state index contributed by atoms with van der Waals surface area (Å²) in [6.07, 6.45) is -5.41. The first-order valence-electron chi connectivity index (χ1n) is 19.3. The molecule has 2 aromatic carbocycles. The van der Waals surface area contributed by atoms with Gasteiger partial charge in [-0.05, 0) is 55.5 Å². The van der Waals surface area contributed by atoms with E-state index in [1.54, 1.807) is 67.6 Å². The Balaban J connectivity index is 0.000000248. The van der Waals surface area contributed by atoms with E-state index in [0.29, 0.717) is 11.4 Å². The SMILES string of the molecule is CCOC(=O)c1ccc(C(=O)NCCNC(=O)c2cn(-c3ccccc3)nc2C(F)(F)F)cn1.O=C(NCCNC(=O)c1cn(-c2ccccc2)nc1C(F)(F)F)c1ccc(C(=O)O)nc1. The number of para-hydroxylation sites is 2. The van der Waals surface area contributed by atoms with Gasteiger partial charge in [-0.1, -0.05) is 36.4 Å². The van der Waals surface area contributed by atoms with Crippen LogP contribution in [0.4, 0.5) is 26.3 Å². The number of esters is 1. The van der Waals surface area contributed by atoms with Crippen molar-refractivity contribution in [2.24, 2.45) is 0 Å². The van der Waals surface area contributed by atoms with E-state index in [2.05, 4.69) is 41.4 Å². The third kappa shape index (κ3) is 13.1. The number of hydrogen-bond donors (Lipinski definition) is 5. The van der Waals surface area contributed by atoms with Gasteiger partial charge in [0, 0.05) is 51.0 Å². The average molecular weight is 923 g/mol. The number of amides is 4. The lowest BCUT2D eigenvalue weighted by Gasteiger charge is -2.08. The topological polar surface area (TPSA) is 241 Å². The zero-order chi connectivity index (χ0) is 48.0. The first-order valence-corrected chi connectivity index (χ1v) is 19.3. The van der Waals surface area contributed by atoms with Gasteiger partial charge in [-0.2, -0.15) is 36.5 Å². The van der Waals surface area contributed by atoms with Gasteiger partial charge in [0.2, 0.25) is 0 Å². The summed E-state index contributed by atoms with van der Waals surface area (Å²) < 4.78 is 87.0. The van der Waals surface area contributed by atoms with Crippen LogP contribution in [0.5, 0.6) is 0 Å². The molecule has 66 heavy (non-hydrogen) atoms. The molecule has 24 heteroatoms. The van der Waals surface area contributed by atoms with E-state index in [1.807, 2.05) is 0 Å². The lowest BCUT2D eigenvalue weighted by Crippen LogP contribution is -2.35. The number of rotatable bonds is 15. The first-order chi connectivity index (χ1) is 31.4. The molecular weight excluding hydrogens is 887 g/mol. The van der Waals surface area contributed by atoms with Crippen molar-refractivity contribution in [1.82, 2.24) is 50.8 Å². The Labute approximate surface area is 369 Å². The lowest BCUT2D eigenvalue weighted by molar-refractivity contribution is -0.142. The molecule has 4 amide bonds. The molecule has 0 atom stereocenters. The molecule has 0 aliphatic rings. The van der Waals surface area contributed by atoms with Crippen LogP contribution in [-0.2, 0) is 17.1 Å². The van der Waals surface area contributed by atoms with E-state index in [1.165, 1.54) is 24.4 Å². The highest BCUT2D eigenvalue weighted by atomic mass is 19.4. The summed E-state index contributed by atoms with van der Waals surface area (Å²) in [5, 5.41) is 25.4. The summed E-state index contributed by atoms with van der Waals surface area (Å²) >= 11 is 0. The van der Waals surface area contributed by atoms with E-state index in [9.17, 15) is 55.1 Å². The maximum Gasteiger partial charge on any atom is 0.435 e. The molecule has 0 fully saturated rings. The van der Waals surface area contributed by atoms with Crippen LogP contribution in [0, 0.1) is 0 Å². The van der Waals surface area contributed by atoms with Crippen molar-refractivity contribution in [2.45, 2.75) is 19.3 Å². The number of alkyl halides is 6. The Morgan fingerprint density at radius 1 is 0.561 bits per heavy atom. The fraction of sp³-hybridized carbons (Fsp3) is 0.190. The van der Waals surface area contributed by atoms with Crippen molar-refractivity contribution in [1.29, 1.82) is 0 Å². The van der Waals surface area contributed by atoms with Crippen LogP contribution in [0.3, 0.4) is 0 Å². The molecule has 0 saturated carbocycles. The summed E-state index contributed by atoms with van der Waals surface area (Å²) in [5.41, 5.74) is -3.16. The molecule has 6 aromatic rings. The molecule has 0 radical (unpaired) electrons. The fourth-order valence-corrected chi connectivity index (χ4v) is 5.53. The predicted octanol–water partition coefficient (Wildman–Crippen LogP) is 4.77. The van der Waals surface area contributed by atoms with E-state index in [4.69, 9.17) is 9.84 Å². The number of halogens is 6. The van der Waals surface area contributed by atoms with Gasteiger partial charge < -0.3 is 31.1 Å². The normalized spacial score (nSPS) is 11.1. The lowest BCUT2D eigenvalue weighted by atomic mass is 10.2. The molecule has 4 heterocycles. The van der Waals surface area contributed by atoms with Crippen molar-refractivity contribution in [2.75, 3.05) is 32.8 Å². The molecule has 6 rings (SSSR count). The van der Waals surface area contributed by atoms with Crippen LogP contribution < -0.4 is 21.3 Å². The number of nitrogens with zero attached hydrogens (tertiary/aromatic N) is 6. The van der Waals surface area contributed by atoms with E-state index in [-0.39, 0.29) is 55.3 Å². The van der Waals surface area contributed by atoms with Gasteiger partial charge in [-0.15, -0.1) is 0 Å². The molecule has 0 aliphatic carbocycles. The van der Waals surface area contributed by atoms with Crippen LogP contribution in [0.25, 0.3) is 11.4 Å². The van der Waals surface area contributed by atoms with Crippen LogP contribution in [0.2, 0.25) is 0 Å². The third-order valence-electron chi connectivity index (χ3n) is 8.64. The summed E-state index contributed by atoms with van der Waals surface area (Å²) in [6, 6.07) is 21.2. The Morgan fingerprint density at radius 2 is 0.939 bits per heavy atom. The second kappa shape index (κ2) is 21.8. The number of hydrogen-bond acceptors (Lipinski definition) is 11. The van der Waals surface area contributed by atoms with Gasteiger partial charge in [0.25, 0.3) is 23.6 Å². The average Bonchev–Trinajstić information content (AvgIpc) is 3.98. The molecule has 0 unspecified atom stereocenters. The van der Waals surface area contributed by atoms with E-state index in [0.717, 1.165) is 34.0 Å². The van der Waals surface area contributed by atoms with Gasteiger partial charge in [-0.3, -0.25) is 19.2 Å². The minimum atomic E-state index is -4.84. The fourth-order valence-electron chi connectivity index (χ4n) is 5.53. The van der Waals surface area contributed by atoms with Crippen molar-refractivity contribution in [3.8, 4) is 11.4 Å². The molecule has 0 bridgehead atoms. The number of carbonyl (C=O) groups excluding carboxylic acids is 5. The summed E-state index contributed by atoms with van der Waals surface area (Å²) in [7, 11) is 0. The highest BCUT2D eigenvalue weighted by Crippen LogP contribution is 2.32. The van der Waals surface area contributed by atoms with Gasteiger partial charge in [-0.25, -0.2) is 28.9 Å². The minimum absolute atomic E-state index is 0.0437. The second-order valence-electron chi connectivity index (χ2n) is 13.3. The number of ether oxygens (including phenoxy) is 1. The van der Waals surface area contributed by atoms with E-state index >= 15 is 0 Å². The Hall–Kier alpha value is -8.44. The van der Waals surface area contributed by atoms with Crippen LogP contribution in [-0.4, -0.2) is 103 Å². The molecule has 4 aromatic heterocycles. The van der Waals surface area contributed by atoms with Crippen molar-refractivity contribution in [3.05, 3.63) is 155 Å². The third-order valence-corrected chi connectivity index (χ3v) is 8.64. The molecule has 0 saturated heterocycles. The smallest absolute Gasteiger partial charge is 0.435 e. The molecule has 18 nitrogen and oxygen atoms in total. The van der Waals surface area contributed by atoms with Crippen molar-refractivity contribution >= 4 is 35.6 Å². The van der Waals surface area contributed by atoms with Crippen LogP contribution in [0.1, 0.15) is 80.7 Å². The quantitative estimate of drug-likeness (QED) is 0.0532. The Kier molecular flexibility index (Phi) is 16.0. The monoisotopic (exact) mass is 922 g/mol. The molecule has 344 valence electrons. The zero-order valence-electron chi connectivity index (χ0n) is 34.2. The van der Waals surface area contributed by atoms with Crippen LogP contribution in [0.15, 0.2) is 110 Å². The number of carboxylic acid groups (broad SMARTS) is 1. The molecule has 0 spiro atoms. The second-order valence-corrected chi connectivity index (χ2v) is 13.3. The molecule has 0 aliphatic heterocycles. The minimum Gasteiger partial charge on any atom is -0.477 e. The van der Waals surface area contributed by atoms with Crippen LogP contribution >= 0.6 is 0 Å². The number of benzene rings is 2. The first kappa shape index (κ1) is 48.6. The number of carboxylic acids is 1. The van der Waals surface area contributed by atoms with Gasteiger partial charge in [0.05, 0.1) is 40.2 Å². The number of pyridine rings is 2. The standard InChI is InChI=1S/C22H20F3N5O4.C20H16F3N5O4/c1-2-34-21(33)17-9-8-14(12-28-17)19(31)26-10-11-27-20(32)16-13-30(15-6-4-3-5-7-15)29-18(16)22(23,24)25;21-20(22,23)16-14(11-28(27-16)13-4-2-1-3-5-13)18(30)25-9-8-24-17(29)12-6-7-15(19(31)32)26-10-12/h3-9,12-13H,2,10-11H2,1H3,(H,26,31)(H,27,32);1-7,10-11H,8-9H2,(H,24,29)(H,25,30)(H,31,32). The zero-order valence-corrected chi connectivity index (χ0v) is 34.2. The number of carbonyl (C=O) groups is 6. The number of aromatic carboxylic acids is 1. The largest absolute Gasteiger partial charge is 0.477 e. The predicted molar refractivity (Wildman–Crippen MR) is 218 cm³/mol. The summed E-state index contributed by atoms with van der Waals surface area (Å²) in [6.45, 7) is 1.41. The Morgan fingerprint density at radius 3 is 1.27 bits per heavy atom. The van der Waals surface area contributed by atoms with Crippen molar-refractivity contribution < 1.29 is 65.0 Å². The summed E-state index contributed by atoms with van der Waals surface area (Å²) in [5.74, 6) is -4.97. The number of nitrogens with one attached hydrogen (secondary N) is 4. The highest BCUT2D eigenvalue weighted by molar-refractivity contribution is 5.97. The maximum atomic E-state index is 13.4. The molecule has 5 N–H and O–H groups in total. The van der Waals surface area contributed by atoms with Gasteiger partial charge >= 0.3 is 24.3 Å². The maximum absolute atomic E-state index is 13.4. The number of aromatic nitrogens is 6. The highest BCUT2D eigenvalue weighted by Gasteiger charge is 2.40. The van der Waals surface area contributed by atoms with Gasteiger partial charge in [0.15, 0.2) is 11.4 Å². The van der Waals surface area contributed by atoms with E-state index < -0.39 is 70.4 Å². The summed E-state index contributed by atoms with van der Waals surface area (Å²) in [4.78, 5) is 78.7. The van der Waals surface area contributed by atoms with Gasteiger partial charge in [0.1, 0.15) is 11.4 Å². The van der Waals surface area contributed by atoms with Crippen molar-refractivity contribution in [3.63, 3.8) is 0 Å². The Bertz CT molecular complexity index is 2660. The molecular formula is C42H36F6N10O8.